The highest BCUT2D eigenvalue weighted by molar-refractivity contribution is 5.86. The molecule has 0 aromatic rings. The van der Waals surface area contributed by atoms with E-state index in [9.17, 15) is 14.4 Å². The first-order chi connectivity index (χ1) is 11.6. The summed E-state index contributed by atoms with van der Waals surface area (Å²) >= 11 is 0. The van der Waals surface area contributed by atoms with Gasteiger partial charge in [-0.25, -0.2) is 4.79 Å². The zero-order valence-corrected chi connectivity index (χ0v) is 14.3. The Hall–Kier alpha value is -1.83. The average Bonchev–Trinajstić information content (AvgIpc) is 2.94. The zero-order chi connectivity index (χ0) is 17.1. The first-order valence-electron chi connectivity index (χ1n) is 8.70. The molecule has 0 aromatic heterocycles. The molecule has 1 atom stereocenters. The number of nitrogens with zero attached hydrogens (tertiary/aromatic N) is 4. The topological polar surface area (TPSA) is 73.4 Å². The maximum absolute atomic E-state index is 12.6. The molecule has 0 radical (unpaired) electrons. The quantitative estimate of drug-likeness (QED) is 0.692. The molecule has 3 heterocycles. The van der Waals surface area contributed by atoms with Gasteiger partial charge in [-0.05, 0) is 12.8 Å². The Balaban J connectivity index is 1.53. The summed E-state index contributed by atoms with van der Waals surface area (Å²) in [7, 11) is 1.74. The average molecular weight is 338 g/mol. The van der Waals surface area contributed by atoms with E-state index in [2.05, 4.69) is 0 Å². The normalized spacial score (nSPS) is 25.4. The van der Waals surface area contributed by atoms with Crippen LogP contribution in [0.2, 0.25) is 0 Å². The highest BCUT2D eigenvalue weighted by Gasteiger charge is 2.34. The van der Waals surface area contributed by atoms with Gasteiger partial charge in [0, 0.05) is 46.3 Å². The fourth-order valence-corrected chi connectivity index (χ4v) is 3.56. The van der Waals surface area contributed by atoms with Crippen LogP contribution in [0.3, 0.4) is 0 Å². The fourth-order valence-electron chi connectivity index (χ4n) is 3.56. The van der Waals surface area contributed by atoms with Crippen LogP contribution in [0.1, 0.15) is 12.8 Å². The van der Waals surface area contributed by atoms with Gasteiger partial charge in [-0.1, -0.05) is 0 Å². The molecule has 24 heavy (non-hydrogen) atoms. The minimum absolute atomic E-state index is 0.0573. The van der Waals surface area contributed by atoms with Crippen molar-refractivity contribution in [3.63, 3.8) is 0 Å². The third-order valence-electron chi connectivity index (χ3n) is 5.07. The molecule has 0 N–H and O–H groups in total. The highest BCUT2D eigenvalue weighted by atomic mass is 16.5. The van der Waals surface area contributed by atoms with E-state index in [0.29, 0.717) is 52.5 Å². The van der Waals surface area contributed by atoms with E-state index in [1.54, 1.807) is 21.7 Å². The second-order valence-electron chi connectivity index (χ2n) is 6.74. The van der Waals surface area contributed by atoms with Crippen molar-refractivity contribution in [1.29, 1.82) is 0 Å². The minimum atomic E-state index is -0.127. The Labute approximate surface area is 142 Å². The lowest BCUT2D eigenvalue weighted by molar-refractivity contribution is -0.144. The van der Waals surface area contributed by atoms with E-state index in [1.807, 2.05) is 4.90 Å². The van der Waals surface area contributed by atoms with Crippen molar-refractivity contribution in [1.82, 2.24) is 19.6 Å². The van der Waals surface area contributed by atoms with Crippen LogP contribution in [0, 0.1) is 5.92 Å². The summed E-state index contributed by atoms with van der Waals surface area (Å²) in [6, 6.07) is -0.0960. The van der Waals surface area contributed by atoms with Crippen molar-refractivity contribution in [3.8, 4) is 0 Å². The summed E-state index contributed by atoms with van der Waals surface area (Å²) in [4.78, 5) is 43.8. The Morgan fingerprint density at radius 1 is 1.08 bits per heavy atom. The Morgan fingerprint density at radius 3 is 2.50 bits per heavy atom. The first kappa shape index (κ1) is 17.0. The van der Waals surface area contributed by atoms with Gasteiger partial charge in [0.25, 0.3) is 0 Å². The maximum Gasteiger partial charge on any atom is 0.320 e. The van der Waals surface area contributed by atoms with Crippen LogP contribution >= 0.6 is 0 Å². The van der Waals surface area contributed by atoms with E-state index in [-0.39, 0.29) is 30.3 Å². The number of morpholine rings is 1. The predicted octanol–water partition coefficient (Wildman–Crippen LogP) is -0.549. The van der Waals surface area contributed by atoms with Crippen LogP contribution in [-0.2, 0) is 14.3 Å². The van der Waals surface area contributed by atoms with Crippen molar-refractivity contribution in [2.24, 2.45) is 5.92 Å². The van der Waals surface area contributed by atoms with Crippen molar-refractivity contribution in [2.75, 3.05) is 66.1 Å². The number of ether oxygens (including phenoxy) is 1. The monoisotopic (exact) mass is 338 g/mol. The molecule has 0 aromatic carbocycles. The lowest BCUT2D eigenvalue weighted by Gasteiger charge is -2.36. The van der Waals surface area contributed by atoms with E-state index in [1.165, 1.54) is 0 Å². The van der Waals surface area contributed by atoms with Gasteiger partial charge in [-0.2, -0.15) is 0 Å². The third kappa shape index (κ3) is 3.63. The number of likely N-dealkylation sites (tertiary alicyclic amines) is 1. The van der Waals surface area contributed by atoms with Gasteiger partial charge in [-0.3, -0.25) is 9.59 Å². The van der Waals surface area contributed by atoms with Crippen molar-refractivity contribution in [2.45, 2.75) is 12.8 Å². The second kappa shape index (κ2) is 7.38. The van der Waals surface area contributed by atoms with E-state index < -0.39 is 0 Å². The van der Waals surface area contributed by atoms with Crippen molar-refractivity contribution in [3.05, 3.63) is 0 Å². The molecule has 3 rings (SSSR count). The van der Waals surface area contributed by atoms with Gasteiger partial charge >= 0.3 is 6.03 Å². The molecule has 3 saturated heterocycles. The molecule has 134 valence electrons. The molecule has 1 unspecified atom stereocenters. The van der Waals surface area contributed by atoms with Crippen LogP contribution < -0.4 is 0 Å². The van der Waals surface area contributed by atoms with Crippen molar-refractivity contribution >= 4 is 17.8 Å². The largest absolute Gasteiger partial charge is 0.378 e. The minimum Gasteiger partial charge on any atom is -0.378 e. The zero-order valence-electron chi connectivity index (χ0n) is 14.3. The molecule has 0 aliphatic carbocycles. The Morgan fingerprint density at radius 2 is 1.83 bits per heavy atom. The van der Waals surface area contributed by atoms with E-state index >= 15 is 0 Å². The molecule has 8 nitrogen and oxygen atoms in total. The van der Waals surface area contributed by atoms with Gasteiger partial charge < -0.3 is 24.3 Å². The van der Waals surface area contributed by atoms with Gasteiger partial charge in [0.2, 0.25) is 11.8 Å². The van der Waals surface area contributed by atoms with E-state index in [4.69, 9.17) is 4.74 Å². The molecular formula is C16H26N4O4. The van der Waals surface area contributed by atoms with Crippen LogP contribution in [-0.4, -0.2) is 104 Å². The molecule has 3 aliphatic heterocycles. The molecule has 3 aliphatic rings. The number of piperidine rings is 1. The highest BCUT2D eigenvalue weighted by Crippen LogP contribution is 2.20. The second-order valence-corrected chi connectivity index (χ2v) is 6.74. The number of urea groups is 1. The summed E-state index contributed by atoms with van der Waals surface area (Å²) < 4.78 is 5.29. The smallest absolute Gasteiger partial charge is 0.320 e. The molecule has 3 fully saturated rings. The molecule has 0 bridgehead atoms. The SMILES string of the molecule is CN1CCN(CC(=O)N2CCCC(C(=O)N3CCOCC3)C2)C1=O. The van der Waals surface area contributed by atoms with Gasteiger partial charge in [0.1, 0.15) is 6.54 Å². The van der Waals surface area contributed by atoms with Gasteiger partial charge in [-0.15, -0.1) is 0 Å². The van der Waals surface area contributed by atoms with E-state index in [0.717, 1.165) is 12.8 Å². The van der Waals surface area contributed by atoms with Crippen molar-refractivity contribution < 1.29 is 19.1 Å². The van der Waals surface area contributed by atoms with Gasteiger partial charge in [0.15, 0.2) is 0 Å². The molecule has 0 spiro atoms. The third-order valence-corrected chi connectivity index (χ3v) is 5.07. The lowest BCUT2D eigenvalue weighted by atomic mass is 9.96. The van der Waals surface area contributed by atoms with Crippen LogP contribution in [0.5, 0.6) is 0 Å². The first-order valence-corrected chi connectivity index (χ1v) is 8.70. The number of hydrogen-bond donors (Lipinski definition) is 0. The lowest BCUT2D eigenvalue weighted by Crippen LogP contribution is -2.51. The maximum atomic E-state index is 12.6. The number of rotatable bonds is 3. The number of amides is 4. The predicted molar refractivity (Wildman–Crippen MR) is 86.3 cm³/mol. The number of carbonyl (C=O) groups excluding carboxylic acids is 3. The summed E-state index contributed by atoms with van der Waals surface area (Å²) in [5, 5.41) is 0. The van der Waals surface area contributed by atoms with Gasteiger partial charge in [0.05, 0.1) is 19.1 Å². The fraction of sp³-hybridized carbons (Fsp3) is 0.812. The Kier molecular flexibility index (Phi) is 5.23. The van der Waals surface area contributed by atoms with Crippen LogP contribution in [0.25, 0.3) is 0 Å². The summed E-state index contributed by atoms with van der Waals surface area (Å²) in [5.74, 6) is -0.0522. The number of carbonyl (C=O) groups is 3. The number of hydrogen-bond acceptors (Lipinski definition) is 4. The standard InChI is InChI=1S/C16H26N4O4/c1-17-5-6-20(16(17)23)12-14(21)19-4-2-3-13(11-19)15(22)18-7-9-24-10-8-18/h13H,2-12H2,1H3. The summed E-state index contributed by atoms with van der Waals surface area (Å²) in [6.45, 7) is 4.95. The summed E-state index contributed by atoms with van der Waals surface area (Å²) in [6.07, 6.45) is 1.66. The Bertz CT molecular complexity index is 506. The molecular weight excluding hydrogens is 312 g/mol. The van der Waals surface area contributed by atoms with Crippen LogP contribution in [0.15, 0.2) is 0 Å². The molecule has 0 saturated carbocycles. The summed E-state index contributed by atoms with van der Waals surface area (Å²) in [5.41, 5.74) is 0. The number of likely N-dealkylation sites (N-methyl/N-ethyl adjacent to an activating group) is 1. The molecule has 4 amide bonds. The van der Waals surface area contributed by atoms with Crippen LogP contribution in [0.4, 0.5) is 4.79 Å². The molecule has 8 heteroatoms.